The first-order valence-electron chi connectivity index (χ1n) is 5.44. The lowest BCUT2D eigenvalue weighted by Crippen LogP contribution is -2.11. The first-order chi connectivity index (χ1) is 7.74. The Balaban J connectivity index is 2.34. The maximum Gasteiger partial charge on any atom is 0.150 e. The van der Waals surface area contributed by atoms with Crippen molar-refractivity contribution < 1.29 is 0 Å². The van der Waals surface area contributed by atoms with Gasteiger partial charge in [-0.05, 0) is 25.4 Å². The average molecular weight is 235 g/mol. The van der Waals surface area contributed by atoms with Crippen LogP contribution in [0.5, 0.6) is 0 Å². The van der Waals surface area contributed by atoms with Crippen LogP contribution in [0.4, 0.5) is 0 Å². The van der Waals surface area contributed by atoms with Crippen molar-refractivity contribution in [2.75, 3.05) is 13.6 Å². The molecule has 2 rings (SSSR count). The van der Waals surface area contributed by atoms with Crippen LogP contribution in [-0.4, -0.2) is 23.1 Å². The predicted octanol–water partition coefficient (Wildman–Crippen LogP) is 2.22. The number of rotatable bonds is 4. The number of hydrogen-bond donors (Lipinski definition) is 1. The summed E-state index contributed by atoms with van der Waals surface area (Å²) < 4.78 is 2.18. The molecule has 4 heteroatoms. The zero-order valence-corrected chi connectivity index (χ0v) is 10.8. The summed E-state index contributed by atoms with van der Waals surface area (Å²) >= 11 is 1.74. The number of aromatic nitrogens is 2. The van der Waals surface area contributed by atoms with Gasteiger partial charge >= 0.3 is 0 Å². The molecule has 0 fully saturated rings. The van der Waals surface area contributed by atoms with Gasteiger partial charge in [0.25, 0.3) is 0 Å². The van der Waals surface area contributed by atoms with Gasteiger partial charge in [-0.3, -0.25) is 0 Å². The van der Waals surface area contributed by atoms with E-state index in [1.165, 1.54) is 16.3 Å². The molecule has 3 nitrogen and oxygen atoms in total. The average Bonchev–Trinajstić information content (AvgIpc) is 2.88. The van der Waals surface area contributed by atoms with Gasteiger partial charge in [0.2, 0.25) is 0 Å². The molecule has 0 saturated heterocycles. The van der Waals surface area contributed by atoms with Crippen molar-refractivity contribution in [1.82, 2.24) is 14.9 Å². The number of likely N-dealkylation sites (N-methyl/N-ethyl adjacent to an activating group) is 1. The fourth-order valence-electron chi connectivity index (χ4n) is 1.74. The van der Waals surface area contributed by atoms with Crippen LogP contribution < -0.4 is 5.32 Å². The summed E-state index contributed by atoms with van der Waals surface area (Å²) in [5.41, 5.74) is 2.46. The van der Waals surface area contributed by atoms with Gasteiger partial charge in [-0.15, -0.1) is 11.3 Å². The molecular weight excluding hydrogens is 218 g/mol. The van der Waals surface area contributed by atoms with Crippen molar-refractivity contribution in [3.05, 3.63) is 28.9 Å². The van der Waals surface area contributed by atoms with E-state index < -0.39 is 0 Å². The fraction of sp³-hybridized carbons (Fsp3) is 0.417. The third-order valence-corrected chi connectivity index (χ3v) is 3.70. The summed E-state index contributed by atoms with van der Waals surface area (Å²) in [6, 6.07) is 4.19. The van der Waals surface area contributed by atoms with Gasteiger partial charge in [0.1, 0.15) is 5.82 Å². The molecule has 0 aliphatic heterocycles. The standard InChI is InChI=1S/C12H17N3S/c1-9-10(6-7-13-2)14-12(15(9)3)11-5-4-8-16-11/h4-5,8,13H,6-7H2,1-3H3. The summed E-state index contributed by atoms with van der Waals surface area (Å²) in [7, 11) is 4.05. The smallest absolute Gasteiger partial charge is 0.150 e. The normalized spacial score (nSPS) is 10.9. The number of nitrogens with zero attached hydrogens (tertiary/aromatic N) is 2. The molecule has 86 valence electrons. The van der Waals surface area contributed by atoms with Crippen LogP contribution in [0.2, 0.25) is 0 Å². The Morgan fingerprint density at radius 1 is 1.50 bits per heavy atom. The van der Waals surface area contributed by atoms with E-state index in [1.54, 1.807) is 11.3 Å². The molecule has 0 aliphatic carbocycles. The van der Waals surface area contributed by atoms with E-state index >= 15 is 0 Å². The maximum atomic E-state index is 4.72. The van der Waals surface area contributed by atoms with E-state index in [0.717, 1.165) is 18.8 Å². The van der Waals surface area contributed by atoms with Crippen molar-refractivity contribution in [3.8, 4) is 10.7 Å². The van der Waals surface area contributed by atoms with Crippen LogP contribution in [0.1, 0.15) is 11.4 Å². The number of imidazole rings is 1. The van der Waals surface area contributed by atoms with E-state index in [0.29, 0.717) is 0 Å². The molecule has 0 radical (unpaired) electrons. The van der Waals surface area contributed by atoms with Gasteiger partial charge in [-0.2, -0.15) is 0 Å². The largest absolute Gasteiger partial charge is 0.330 e. The summed E-state index contributed by atoms with van der Waals surface area (Å²) in [4.78, 5) is 5.96. The van der Waals surface area contributed by atoms with Crippen molar-refractivity contribution in [2.45, 2.75) is 13.3 Å². The Morgan fingerprint density at radius 2 is 2.31 bits per heavy atom. The van der Waals surface area contributed by atoms with Crippen LogP contribution in [0.25, 0.3) is 10.7 Å². The Labute approximate surface area is 100 Å². The minimum atomic E-state index is 0.974. The summed E-state index contributed by atoms with van der Waals surface area (Å²) in [6.45, 7) is 3.11. The van der Waals surface area contributed by atoms with Crippen molar-refractivity contribution in [1.29, 1.82) is 0 Å². The van der Waals surface area contributed by atoms with E-state index in [9.17, 15) is 0 Å². The zero-order valence-electron chi connectivity index (χ0n) is 9.95. The van der Waals surface area contributed by atoms with Gasteiger partial charge in [-0.25, -0.2) is 4.98 Å². The molecule has 0 amide bonds. The molecule has 0 unspecified atom stereocenters. The quantitative estimate of drug-likeness (QED) is 0.880. The van der Waals surface area contributed by atoms with E-state index in [4.69, 9.17) is 4.98 Å². The minimum Gasteiger partial charge on any atom is -0.330 e. The van der Waals surface area contributed by atoms with Gasteiger partial charge in [0, 0.05) is 25.7 Å². The monoisotopic (exact) mass is 235 g/mol. The predicted molar refractivity (Wildman–Crippen MR) is 68.9 cm³/mol. The SMILES string of the molecule is CNCCc1nc(-c2cccs2)n(C)c1C. The van der Waals surface area contributed by atoms with Gasteiger partial charge in [0.05, 0.1) is 10.6 Å². The molecule has 2 heterocycles. The number of thiophene rings is 1. The third kappa shape index (κ3) is 2.03. The van der Waals surface area contributed by atoms with Gasteiger partial charge in [-0.1, -0.05) is 6.07 Å². The summed E-state index contributed by atoms with van der Waals surface area (Å²) in [5, 5.41) is 5.25. The van der Waals surface area contributed by atoms with Crippen LogP contribution in [0.15, 0.2) is 17.5 Å². The number of nitrogens with one attached hydrogen (secondary N) is 1. The molecule has 2 aromatic rings. The van der Waals surface area contributed by atoms with Crippen molar-refractivity contribution >= 4 is 11.3 Å². The fourth-order valence-corrected chi connectivity index (χ4v) is 2.49. The highest BCUT2D eigenvalue weighted by atomic mass is 32.1. The molecule has 2 aromatic heterocycles. The van der Waals surface area contributed by atoms with E-state index in [2.05, 4.69) is 41.4 Å². The van der Waals surface area contributed by atoms with Crippen LogP contribution in [0.3, 0.4) is 0 Å². The van der Waals surface area contributed by atoms with Crippen molar-refractivity contribution in [3.63, 3.8) is 0 Å². The Kier molecular flexibility index (Phi) is 3.41. The second-order valence-corrected chi connectivity index (χ2v) is 4.81. The molecule has 0 bridgehead atoms. The Morgan fingerprint density at radius 3 is 2.94 bits per heavy atom. The molecule has 16 heavy (non-hydrogen) atoms. The highest BCUT2D eigenvalue weighted by Gasteiger charge is 2.12. The molecule has 0 aromatic carbocycles. The van der Waals surface area contributed by atoms with Gasteiger partial charge in [0.15, 0.2) is 0 Å². The van der Waals surface area contributed by atoms with E-state index in [-0.39, 0.29) is 0 Å². The van der Waals surface area contributed by atoms with Crippen LogP contribution in [-0.2, 0) is 13.5 Å². The van der Waals surface area contributed by atoms with Crippen molar-refractivity contribution in [2.24, 2.45) is 7.05 Å². The summed E-state index contributed by atoms with van der Waals surface area (Å²) in [6.07, 6.45) is 0.988. The van der Waals surface area contributed by atoms with E-state index in [1.807, 2.05) is 7.05 Å². The van der Waals surface area contributed by atoms with Crippen LogP contribution >= 0.6 is 11.3 Å². The number of hydrogen-bond acceptors (Lipinski definition) is 3. The summed E-state index contributed by atoms with van der Waals surface area (Å²) in [5.74, 6) is 1.08. The molecule has 0 atom stereocenters. The maximum absolute atomic E-state index is 4.72. The Hall–Kier alpha value is -1.13. The highest BCUT2D eigenvalue weighted by Crippen LogP contribution is 2.25. The highest BCUT2D eigenvalue weighted by molar-refractivity contribution is 7.13. The molecule has 0 saturated carbocycles. The Bertz CT molecular complexity index is 457. The lowest BCUT2D eigenvalue weighted by atomic mass is 10.2. The molecule has 0 aliphatic rings. The minimum absolute atomic E-state index is 0.974. The molecule has 0 spiro atoms. The lowest BCUT2D eigenvalue weighted by molar-refractivity contribution is 0.772. The zero-order chi connectivity index (χ0) is 11.5. The second kappa shape index (κ2) is 4.80. The molecular formula is C12H17N3S. The lowest BCUT2D eigenvalue weighted by Gasteiger charge is -2.00. The molecule has 1 N–H and O–H groups in total. The first-order valence-corrected chi connectivity index (χ1v) is 6.32. The van der Waals surface area contributed by atoms with Gasteiger partial charge < -0.3 is 9.88 Å². The topological polar surface area (TPSA) is 29.9 Å². The second-order valence-electron chi connectivity index (χ2n) is 3.86. The third-order valence-electron chi connectivity index (χ3n) is 2.83. The first kappa shape index (κ1) is 11.4. The van der Waals surface area contributed by atoms with Crippen LogP contribution in [0, 0.1) is 6.92 Å².